The third-order valence-corrected chi connectivity index (χ3v) is 3.54. The van der Waals surface area contributed by atoms with Gasteiger partial charge in [0.2, 0.25) is 0 Å². The van der Waals surface area contributed by atoms with Gasteiger partial charge in [0.15, 0.2) is 0 Å². The van der Waals surface area contributed by atoms with E-state index in [-0.39, 0.29) is 5.91 Å². The molecule has 0 unspecified atom stereocenters. The molecular weight excluding hydrogens is 304 g/mol. The van der Waals surface area contributed by atoms with E-state index in [0.717, 1.165) is 24.1 Å². The summed E-state index contributed by atoms with van der Waals surface area (Å²) in [6.45, 7) is 1.79. The van der Waals surface area contributed by atoms with Gasteiger partial charge < -0.3 is 20.5 Å². The van der Waals surface area contributed by atoms with Gasteiger partial charge in [0.1, 0.15) is 5.75 Å². The predicted octanol–water partition coefficient (Wildman–Crippen LogP) is 2.66. The van der Waals surface area contributed by atoms with Crippen LogP contribution in [0, 0.1) is 0 Å². The van der Waals surface area contributed by atoms with Crippen LogP contribution < -0.4 is 15.8 Å². The predicted molar refractivity (Wildman–Crippen MR) is 95.3 cm³/mol. The van der Waals surface area contributed by atoms with Gasteiger partial charge in [-0.15, -0.1) is 0 Å². The van der Waals surface area contributed by atoms with Gasteiger partial charge in [0, 0.05) is 37.9 Å². The Bertz CT molecular complexity index is 641. The molecule has 0 aromatic heterocycles. The highest BCUT2D eigenvalue weighted by atomic mass is 16.5. The first-order valence-electron chi connectivity index (χ1n) is 8.03. The Hall–Kier alpha value is -2.53. The first-order chi connectivity index (χ1) is 11.7. The summed E-state index contributed by atoms with van der Waals surface area (Å²) in [4.78, 5) is 12.2. The van der Waals surface area contributed by atoms with Gasteiger partial charge in [0.25, 0.3) is 5.91 Å². The molecule has 0 saturated heterocycles. The van der Waals surface area contributed by atoms with E-state index in [0.29, 0.717) is 31.1 Å². The molecule has 0 aliphatic heterocycles. The Kier molecular flexibility index (Phi) is 7.11. The van der Waals surface area contributed by atoms with E-state index in [2.05, 4.69) is 5.32 Å². The van der Waals surface area contributed by atoms with Crippen molar-refractivity contribution in [2.24, 2.45) is 0 Å². The van der Waals surface area contributed by atoms with Gasteiger partial charge >= 0.3 is 0 Å². The summed E-state index contributed by atoms with van der Waals surface area (Å²) in [5, 5.41) is 2.92. The lowest BCUT2D eigenvalue weighted by Crippen LogP contribution is -2.25. The number of amides is 1. The number of methoxy groups -OCH3 is 1. The number of anilines is 1. The van der Waals surface area contributed by atoms with Crippen LogP contribution in [0.4, 0.5) is 5.69 Å². The Morgan fingerprint density at radius 2 is 1.92 bits per heavy atom. The summed E-state index contributed by atoms with van der Waals surface area (Å²) in [7, 11) is 1.66. The molecule has 2 rings (SSSR count). The molecule has 0 aliphatic carbocycles. The smallest absolute Gasteiger partial charge is 0.251 e. The molecule has 5 heteroatoms. The molecule has 0 saturated carbocycles. The molecule has 0 radical (unpaired) electrons. The van der Waals surface area contributed by atoms with Crippen molar-refractivity contribution in [1.82, 2.24) is 5.32 Å². The van der Waals surface area contributed by atoms with Gasteiger partial charge in [-0.25, -0.2) is 0 Å². The quantitative estimate of drug-likeness (QED) is 0.548. The number of hydrogen-bond acceptors (Lipinski definition) is 4. The summed E-state index contributed by atoms with van der Waals surface area (Å²) in [5.41, 5.74) is 8.13. The van der Waals surface area contributed by atoms with Gasteiger partial charge in [-0.1, -0.05) is 18.2 Å². The first kappa shape index (κ1) is 17.8. The number of nitrogen functional groups attached to an aromatic ring is 1. The average Bonchev–Trinajstić information content (AvgIpc) is 2.61. The van der Waals surface area contributed by atoms with Crippen LogP contribution in [0.15, 0.2) is 48.5 Å². The molecular formula is C19H24N2O3. The highest BCUT2D eigenvalue weighted by molar-refractivity contribution is 5.94. The number of nitrogens with one attached hydrogen (secondary N) is 1. The molecule has 1 amide bonds. The van der Waals surface area contributed by atoms with Crippen LogP contribution in [0.3, 0.4) is 0 Å². The molecule has 0 atom stereocenters. The normalized spacial score (nSPS) is 10.4. The van der Waals surface area contributed by atoms with Crippen molar-refractivity contribution < 1.29 is 14.3 Å². The van der Waals surface area contributed by atoms with Gasteiger partial charge in [-0.2, -0.15) is 0 Å². The summed E-state index contributed by atoms with van der Waals surface area (Å²) in [6, 6.07) is 14.9. The van der Waals surface area contributed by atoms with E-state index in [1.165, 1.54) is 0 Å². The molecule has 0 bridgehead atoms. The number of nitrogens with two attached hydrogens (primary N) is 1. The number of rotatable bonds is 9. The number of ether oxygens (including phenoxy) is 2. The SMILES string of the molecule is COCCCOc1cccc(C(=O)NCCc2ccc(N)cc2)c1. The monoisotopic (exact) mass is 328 g/mol. The zero-order valence-corrected chi connectivity index (χ0v) is 14.0. The van der Waals surface area contributed by atoms with Gasteiger partial charge in [-0.05, 0) is 42.3 Å². The van der Waals surface area contributed by atoms with Crippen LogP contribution in [0.25, 0.3) is 0 Å². The van der Waals surface area contributed by atoms with E-state index in [1.807, 2.05) is 36.4 Å². The molecule has 5 nitrogen and oxygen atoms in total. The minimum Gasteiger partial charge on any atom is -0.493 e. The average molecular weight is 328 g/mol. The summed E-state index contributed by atoms with van der Waals surface area (Å²) in [5.74, 6) is 0.588. The van der Waals surface area contributed by atoms with E-state index in [1.54, 1.807) is 19.2 Å². The van der Waals surface area contributed by atoms with Crippen LogP contribution in [-0.2, 0) is 11.2 Å². The highest BCUT2D eigenvalue weighted by Gasteiger charge is 2.06. The maximum atomic E-state index is 12.2. The molecule has 24 heavy (non-hydrogen) atoms. The number of carbonyl (C=O) groups is 1. The molecule has 2 aromatic carbocycles. The highest BCUT2D eigenvalue weighted by Crippen LogP contribution is 2.13. The molecule has 2 aromatic rings. The molecule has 3 N–H and O–H groups in total. The van der Waals surface area contributed by atoms with Crippen molar-refractivity contribution in [3.05, 3.63) is 59.7 Å². The second-order valence-corrected chi connectivity index (χ2v) is 5.47. The Labute approximate surface area is 142 Å². The van der Waals surface area contributed by atoms with Gasteiger partial charge in [0.05, 0.1) is 6.61 Å². The molecule has 0 aliphatic rings. The minimum absolute atomic E-state index is 0.104. The zero-order valence-electron chi connectivity index (χ0n) is 14.0. The lowest BCUT2D eigenvalue weighted by atomic mass is 10.1. The Morgan fingerprint density at radius 1 is 1.12 bits per heavy atom. The number of carbonyl (C=O) groups excluding carboxylic acids is 1. The maximum Gasteiger partial charge on any atom is 0.251 e. The van der Waals surface area contributed by atoms with Gasteiger partial charge in [-0.3, -0.25) is 4.79 Å². The molecule has 0 heterocycles. The van der Waals surface area contributed by atoms with Crippen molar-refractivity contribution in [3.63, 3.8) is 0 Å². The maximum absolute atomic E-state index is 12.2. The number of hydrogen-bond donors (Lipinski definition) is 2. The third-order valence-electron chi connectivity index (χ3n) is 3.54. The first-order valence-corrected chi connectivity index (χ1v) is 8.03. The molecule has 0 spiro atoms. The van der Waals surface area contributed by atoms with E-state index in [9.17, 15) is 4.79 Å². The van der Waals surface area contributed by atoms with E-state index < -0.39 is 0 Å². The van der Waals surface area contributed by atoms with Crippen molar-refractivity contribution in [2.45, 2.75) is 12.8 Å². The molecule has 128 valence electrons. The Morgan fingerprint density at radius 3 is 2.67 bits per heavy atom. The largest absolute Gasteiger partial charge is 0.493 e. The zero-order chi connectivity index (χ0) is 17.2. The van der Waals surface area contributed by atoms with Crippen molar-refractivity contribution in [3.8, 4) is 5.75 Å². The van der Waals surface area contributed by atoms with Crippen molar-refractivity contribution >= 4 is 11.6 Å². The standard InChI is InChI=1S/C19H24N2O3/c1-23-12-3-13-24-18-5-2-4-16(14-18)19(22)21-11-10-15-6-8-17(20)9-7-15/h2,4-9,14H,3,10-13,20H2,1H3,(H,21,22). The second-order valence-electron chi connectivity index (χ2n) is 5.47. The fraction of sp³-hybridized carbons (Fsp3) is 0.316. The summed E-state index contributed by atoms with van der Waals surface area (Å²) < 4.78 is 10.6. The summed E-state index contributed by atoms with van der Waals surface area (Å²) >= 11 is 0. The van der Waals surface area contributed by atoms with Crippen LogP contribution >= 0.6 is 0 Å². The number of benzene rings is 2. The fourth-order valence-electron chi connectivity index (χ4n) is 2.23. The second kappa shape index (κ2) is 9.57. The van der Waals surface area contributed by atoms with Crippen molar-refractivity contribution in [2.75, 3.05) is 32.6 Å². The molecule has 0 fully saturated rings. The van der Waals surface area contributed by atoms with Crippen LogP contribution in [-0.4, -0.2) is 32.8 Å². The fourth-order valence-corrected chi connectivity index (χ4v) is 2.23. The van der Waals surface area contributed by atoms with Crippen LogP contribution in [0.1, 0.15) is 22.3 Å². The minimum atomic E-state index is -0.104. The summed E-state index contributed by atoms with van der Waals surface area (Å²) in [6.07, 6.45) is 1.58. The Balaban J connectivity index is 1.80. The van der Waals surface area contributed by atoms with E-state index in [4.69, 9.17) is 15.2 Å². The third kappa shape index (κ3) is 5.93. The van der Waals surface area contributed by atoms with E-state index >= 15 is 0 Å². The van der Waals surface area contributed by atoms with Crippen molar-refractivity contribution in [1.29, 1.82) is 0 Å². The van der Waals surface area contributed by atoms with Crippen LogP contribution in [0.5, 0.6) is 5.75 Å². The lowest BCUT2D eigenvalue weighted by Gasteiger charge is -2.09. The van der Waals surface area contributed by atoms with Crippen LogP contribution in [0.2, 0.25) is 0 Å². The topological polar surface area (TPSA) is 73.6 Å². The lowest BCUT2D eigenvalue weighted by molar-refractivity contribution is 0.0953.